The van der Waals surface area contributed by atoms with Gasteiger partial charge >= 0.3 is 0 Å². The van der Waals surface area contributed by atoms with E-state index in [1.807, 2.05) is 11.3 Å². The van der Waals surface area contributed by atoms with Crippen LogP contribution in [0.25, 0.3) is 0 Å². The van der Waals surface area contributed by atoms with E-state index in [1.165, 1.54) is 36.1 Å². The molecule has 2 aliphatic rings. The van der Waals surface area contributed by atoms with Crippen molar-refractivity contribution in [3.8, 4) is 0 Å². The zero-order chi connectivity index (χ0) is 12.4. The van der Waals surface area contributed by atoms with Gasteiger partial charge in [0.1, 0.15) is 0 Å². The molecular formula is C14H20N2OS. The van der Waals surface area contributed by atoms with E-state index in [9.17, 15) is 4.79 Å². The van der Waals surface area contributed by atoms with E-state index in [-0.39, 0.29) is 18.0 Å². The molecule has 1 aromatic heterocycles. The van der Waals surface area contributed by atoms with E-state index in [4.69, 9.17) is 0 Å². The lowest BCUT2D eigenvalue weighted by Gasteiger charge is -2.28. The van der Waals surface area contributed by atoms with Crippen molar-refractivity contribution >= 4 is 17.2 Å². The van der Waals surface area contributed by atoms with E-state index in [1.54, 1.807) is 0 Å². The molecule has 2 N–H and O–H groups in total. The molecule has 0 spiro atoms. The minimum Gasteiger partial charge on any atom is -0.348 e. The van der Waals surface area contributed by atoms with Crippen LogP contribution in [0.1, 0.15) is 48.6 Å². The first-order valence-electron chi connectivity index (χ1n) is 6.94. The molecule has 0 radical (unpaired) electrons. The predicted octanol–water partition coefficient (Wildman–Crippen LogP) is 2.38. The van der Waals surface area contributed by atoms with Gasteiger partial charge in [-0.05, 0) is 55.7 Å². The van der Waals surface area contributed by atoms with Gasteiger partial charge in [-0.1, -0.05) is 6.42 Å². The molecule has 3 nitrogen and oxygen atoms in total. The number of amides is 1. The predicted molar refractivity (Wildman–Crippen MR) is 73.8 cm³/mol. The Morgan fingerprint density at radius 2 is 2.28 bits per heavy atom. The molecule has 0 bridgehead atoms. The van der Waals surface area contributed by atoms with Gasteiger partial charge in [-0.15, -0.1) is 11.3 Å². The molecule has 1 aliphatic heterocycles. The van der Waals surface area contributed by atoms with Gasteiger partial charge in [-0.3, -0.25) is 4.79 Å². The first-order valence-corrected chi connectivity index (χ1v) is 7.82. The Hall–Kier alpha value is -0.870. The molecule has 0 aromatic carbocycles. The Morgan fingerprint density at radius 3 is 3.11 bits per heavy atom. The van der Waals surface area contributed by atoms with E-state index in [0.29, 0.717) is 0 Å². The lowest BCUT2D eigenvalue weighted by molar-refractivity contribution is -0.124. The van der Waals surface area contributed by atoms with Crippen LogP contribution in [0.5, 0.6) is 0 Å². The average molecular weight is 264 g/mol. The van der Waals surface area contributed by atoms with E-state index in [2.05, 4.69) is 22.1 Å². The summed E-state index contributed by atoms with van der Waals surface area (Å²) in [5.74, 6) is 0.193. The molecule has 1 amide bonds. The quantitative estimate of drug-likeness (QED) is 0.861. The Morgan fingerprint density at radius 1 is 1.33 bits per heavy atom. The largest absolute Gasteiger partial charge is 0.348 e. The monoisotopic (exact) mass is 264 g/mol. The van der Waals surface area contributed by atoms with Crippen molar-refractivity contribution in [3.05, 3.63) is 21.9 Å². The molecule has 18 heavy (non-hydrogen) atoms. The second-order valence-corrected chi connectivity index (χ2v) is 6.26. The van der Waals surface area contributed by atoms with Crippen LogP contribution in [-0.4, -0.2) is 18.5 Å². The fourth-order valence-electron chi connectivity index (χ4n) is 2.98. The van der Waals surface area contributed by atoms with Crippen LogP contribution in [0.4, 0.5) is 0 Å². The SMILES string of the molecule is O=C(NC1CCCc2sccc21)[C@@H]1CCCCN1. The van der Waals surface area contributed by atoms with Crippen molar-refractivity contribution in [3.63, 3.8) is 0 Å². The third kappa shape index (κ3) is 2.45. The molecule has 1 saturated heterocycles. The highest BCUT2D eigenvalue weighted by Gasteiger charge is 2.26. The van der Waals surface area contributed by atoms with Crippen LogP contribution < -0.4 is 10.6 Å². The lowest BCUT2D eigenvalue weighted by Crippen LogP contribution is -2.47. The highest BCUT2D eigenvalue weighted by atomic mass is 32.1. The summed E-state index contributed by atoms with van der Waals surface area (Å²) in [5, 5.41) is 8.70. The topological polar surface area (TPSA) is 41.1 Å². The molecule has 2 heterocycles. The number of carbonyl (C=O) groups excluding carboxylic acids is 1. The summed E-state index contributed by atoms with van der Waals surface area (Å²) in [6, 6.07) is 2.46. The van der Waals surface area contributed by atoms with Gasteiger partial charge in [0, 0.05) is 4.88 Å². The molecule has 1 unspecified atom stereocenters. The van der Waals surface area contributed by atoms with Crippen molar-refractivity contribution < 1.29 is 4.79 Å². The maximum Gasteiger partial charge on any atom is 0.237 e. The minimum absolute atomic E-state index is 0.0303. The molecule has 0 saturated carbocycles. The Kier molecular flexibility index (Phi) is 3.66. The van der Waals surface area contributed by atoms with E-state index < -0.39 is 0 Å². The molecular weight excluding hydrogens is 244 g/mol. The molecule has 98 valence electrons. The van der Waals surface area contributed by atoms with E-state index in [0.717, 1.165) is 19.4 Å². The summed E-state index contributed by atoms with van der Waals surface area (Å²) in [6.07, 6.45) is 6.80. The molecule has 1 aliphatic carbocycles. The van der Waals surface area contributed by atoms with Crippen LogP contribution >= 0.6 is 11.3 Å². The number of nitrogens with one attached hydrogen (secondary N) is 2. The summed E-state index contributed by atoms with van der Waals surface area (Å²) in [6.45, 7) is 0.979. The average Bonchev–Trinajstić information content (AvgIpc) is 2.89. The van der Waals surface area contributed by atoms with Crippen molar-refractivity contribution in [1.82, 2.24) is 10.6 Å². The summed E-state index contributed by atoms with van der Waals surface area (Å²) in [7, 11) is 0. The van der Waals surface area contributed by atoms with Gasteiger partial charge in [-0.25, -0.2) is 0 Å². The summed E-state index contributed by atoms with van der Waals surface area (Å²) >= 11 is 1.82. The summed E-state index contributed by atoms with van der Waals surface area (Å²) < 4.78 is 0. The van der Waals surface area contributed by atoms with Crippen LogP contribution in [0.2, 0.25) is 0 Å². The minimum atomic E-state index is 0.0303. The summed E-state index contributed by atoms with van der Waals surface area (Å²) in [5.41, 5.74) is 1.36. The number of aryl methyl sites for hydroxylation is 1. The standard InChI is InChI=1S/C14H20N2OS/c17-14(12-4-1-2-8-15-12)16-11-5-3-6-13-10(11)7-9-18-13/h7,9,11-12,15H,1-6,8H2,(H,16,17)/t11?,12-/m0/s1. The number of thiophene rings is 1. The second-order valence-electron chi connectivity index (χ2n) is 5.26. The van der Waals surface area contributed by atoms with Crippen molar-refractivity contribution in [2.45, 2.75) is 50.6 Å². The number of rotatable bonds is 2. The van der Waals surface area contributed by atoms with Crippen LogP contribution in [0, 0.1) is 0 Å². The normalized spacial score (nSPS) is 27.6. The summed E-state index contributed by atoms with van der Waals surface area (Å²) in [4.78, 5) is 13.7. The Bertz CT molecular complexity index is 423. The molecule has 3 rings (SSSR count). The Labute approximate surface area is 112 Å². The molecule has 1 aromatic rings. The number of hydrogen-bond donors (Lipinski definition) is 2. The zero-order valence-electron chi connectivity index (χ0n) is 10.6. The van der Waals surface area contributed by atoms with E-state index >= 15 is 0 Å². The van der Waals surface area contributed by atoms with Crippen LogP contribution in [0.15, 0.2) is 11.4 Å². The van der Waals surface area contributed by atoms with Crippen LogP contribution in [0.3, 0.4) is 0 Å². The third-order valence-electron chi connectivity index (χ3n) is 4.00. The highest BCUT2D eigenvalue weighted by molar-refractivity contribution is 7.10. The lowest BCUT2D eigenvalue weighted by atomic mass is 9.93. The van der Waals surface area contributed by atoms with Crippen molar-refractivity contribution in [2.24, 2.45) is 0 Å². The number of piperidine rings is 1. The molecule has 1 fully saturated rings. The van der Waals surface area contributed by atoms with Gasteiger partial charge in [0.15, 0.2) is 0 Å². The zero-order valence-corrected chi connectivity index (χ0v) is 11.4. The van der Waals surface area contributed by atoms with Crippen LogP contribution in [-0.2, 0) is 11.2 Å². The molecule has 2 atom stereocenters. The Balaban J connectivity index is 1.65. The number of carbonyl (C=O) groups is 1. The number of hydrogen-bond acceptors (Lipinski definition) is 3. The maximum absolute atomic E-state index is 12.2. The highest BCUT2D eigenvalue weighted by Crippen LogP contribution is 2.33. The van der Waals surface area contributed by atoms with Gasteiger partial charge in [0.2, 0.25) is 5.91 Å². The fourth-order valence-corrected chi connectivity index (χ4v) is 3.97. The third-order valence-corrected chi connectivity index (χ3v) is 4.99. The maximum atomic E-state index is 12.2. The first-order chi connectivity index (χ1) is 8.84. The van der Waals surface area contributed by atoms with Crippen molar-refractivity contribution in [2.75, 3.05) is 6.54 Å². The second kappa shape index (κ2) is 5.41. The molecule has 4 heteroatoms. The first kappa shape index (κ1) is 12.2. The van der Waals surface area contributed by atoms with Gasteiger partial charge in [0.05, 0.1) is 12.1 Å². The van der Waals surface area contributed by atoms with Gasteiger partial charge < -0.3 is 10.6 Å². The smallest absolute Gasteiger partial charge is 0.237 e. The fraction of sp³-hybridized carbons (Fsp3) is 0.643. The van der Waals surface area contributed by atoms with Gasteiger partial charge in [-0.2, -0.15) is 0 Å². The van der Waals surface area contributed by atoms with Crippen molar-refractivity contribution in [1.29, 1.82) is 0 Å². The number of fused-ring (bicyclic) bond motifs is 1. The van der Waals surface area contributed by atoms with Gasteiger partial charge in [0.25, 0.3) is 0 Å².